The lowest BCUT2D eigenvalue weighted by Gasteiger charge is -2.39. The molecule has 0 saturated carbocycles. The topological polar surface area (TPSA) is 60.4 Å². The summed E-state index contributed by atoms with van der Waals surface area (Å²) in [6.45, 7) is 9.59. The van der Waals surface area contributed by atoms with Gasteiger partial charge in [-0.05, 0) is 49.7 Å². The Kier molecular flexibility index (Phi) is 8.51. The number of aryl methyl sites for hydroxylation is 1. The van der Waals surface area contributed by atoms with Crippen LogP contribution in [0.15, 0.2) is 66.1 Å². The Morgan fingerprint density at radius 3 is 2.70 bits per heavy atom. The molecule has 228 valence electrons. The smallest absolute Gasteiger partial charge is 0.148 e. The Morgan fingerprint density at radius 2 is 1.93 bits per heavy atom. The molecule has 1 N–H and O–H groups in total. The van der Waals surface area contributed by atoms with Gasteiger partial charge in [-0.15, -0.1) is 11.3 Å². The minimum absolute atomic E-state index is 0.329. The lowest BCUT2D eigenvalue weighted by Crippen LogP contribution is -2.47. The fraction of sp³-hybridized carbons (Fsp3) is 0.382. The van der Waals surface area contributed by atoms with Gasteiger partial charge in [-0.1, -0.05) is 42.4 Å². The molecule has 3 aliphatic heterocycles. The zero-order valence-corrected chi connectivity index (χ0v) is 26.4. The lowest BCUT2D eigenvalue weighted by molar-refractivity contribution is 0.315. The van der Waals surface area contributed by atoms with E-state index in [0.717, 1.165) is 84.3 Å². The molecule has 0 radical (unpaired) electrons. The Labute approximate surface area is 267 Å². The molecule has 1 atom stereocenters. The largest absolute Gasteiger partial charge is 0.366 e. The van der Waals surface area contributed by atoms with Crippen molar-refractivity contribution in [3.8, 4) is 0 Å². The van der Waals surface area contributed by atoms with Crippen molar-refractivity contribution < 1.29 is 4.39 Å². The van der Waals surface area contributed by atoms with Gasteiger partial charge in [0, 0.05) is 79.5 Å². The monoisotopic (exact) mass is 629 g/mol. The molecule has 0 spiro atoms. The van der Waals surface area contributed by atoms with Crippen LogP contribution in [0.3, 0.4) is 0 Å². The molecule has 0 bridgehead atoms. The number of aromatic nitrogens is 3. The first-order valence-corrected chi connectivity index (χ1v) is 16.8. The summed E-state index contributed by atoms with van der Waals surface area (Å²) in [5.41, 5.74) is 3.90. The van der Waals surface area contributed by atoms with Crippen molar-refractivity contribution in [1.82, 2.24) is 25.2 Å². The van der Waals surface area contributed by atoms with E-state index in [1.165, 1.54) is 35.8 Å². The predicted octanol–water partition coefficient (Wildman–Crippen LogP) is 6.63. The summed E-state index contributed by atoms with van der Waals surface area (Å²) >= 11 is 8.14. The van der Waals surface area contributed by atoms with E-state index in [4.69, 9.17) is 21.6 Å². The first-order chi connectivity index (χ1) is 21.5. The van der Waals surface area contributed by atoms with Crippen LogP contribution in [-0.2, 0) is 19.4 Å². The molecule has 3 aliphatic rings. The first-order valence-electron chi connectivity index (χ1n) is 15.5. The zero-order chi connectivity index (χ0) is 30.0. The molecule has 2 saturated heterocycles. The Hall–Kier alpha value is -3.53. The third-order valence-electron chi connectivity index (χ3n) is 9.08. The van der Waals surface area contributed by atoms with E-state index in [-0.39, 0.29) is 5.83 Å². The maximum absolute atomic E-state index is 15.0. The van der Waals surface area contributed by atoms with Gasteiger partial charge in [0.05, 0.1) is 23.0 Å². The van der Waals surface area contributed by atoms with Gasteiger partial charge in [0.1, 0.15) is 22.5 Å². The molecule has 2 fully saturated rings. The highest BCUT2D eigenvalue weighted by Crippen LogP contribution is 2.37. The van der Waals surface area contributed by atoms with Crippen molar-refractivity contribution in [1.29, 1.82) is 0 Å². The van der Waals surface area contributed by atoms with Crippen LogP contribution in [0.5, 0.6) is 0 Å². The maximum atomic E-state index is 15.0. The number of rotatable bonds is 8. The van der Waals surface area contributed by atoms with Gasteiger partial charge in [-0.3, -0.25) is 0 Å². The molecule has 0 aliphatic carbocycles. The van der Waals surface area contributed by atoms with Gasteiger partial charge in [0.15, 0.2) is 0 Å². The van der Waals surface area contributed by atoms with Crippen molar-refractivity contribution in [2.75, 3.05) is 49.1 Å². The molecule has 7 nitrogen and oxygen atoms in total. The molecule has 1 unspecified atom stereocenters. The second kappa shape index (κ2) is 12.8. The summed E-state index contributed by atoms with van der Waals surface area (Å²) in [5.74, 6) is 1.63. The summed E-state index contributed by atoms with van der Waals surface area (Å²) in [4.78, 5) is 21.4. The van der Waals surface area contributed by atoms with Gasteiger partial charge < -0.3 is 20.0 Å². The maximum Gasteiger partial charge on any atom is 0.148 e. The van der Waals surface area contributed by atoms with Crippen LogP contribution in [0.2, 0.25) is 5.02 Å². The SMILES string of the molecule is C=C(/C(F)=C/c1nccs1)N1CCN(c2nc(CCC3CCCN3)nc3c2CCN(c2cccc4cccc(Cl)c24)C3)CC1. The second-order valence-corrected chi connectivity index (χ2v) is 13.1. The Morgan fingerprint density at radius 1 is 1.09 bits per heavy atom. The van der Waals surface area contributed by atoms with E-state index in [9.17, 15) is 4.39 Å². The molecule has 44 heavy (non-hydrogen) atoms. The Bertz CT molecular complexity index is 1670. The van der Waals surface area contributed by atoms with Crippen molar-refractivity contribution in [3.05, 3.63) is 93.2 Å². The van der Waals surface area contributed by atoms with Crippen LogP contribution >= 0.6 is 22.9 Å². The third kappa shape index (κ3) is 6.05. The average Bonchev–Trinajstić information content (AvgIpc) is 3.78. The summed E-state index contributed by atoms with van der Waals surface area (Å²) in [7, 11) is 0. The number of piperazine rings is 1. The minimum Gasteiger partial charge on any atom is -0.366 e. The predicted molar refractivity (Wildman–Crippen MR) is 179 cm³/mol. The molecule has 5 heterocycles. The summed E-state index contributed by atoms with van der Waals surface area (Å²) in [5, 5.41) is 9.12. The second-order valence-electron chi connectivity index (χ2n) is 11.8. The fourth-order valence-electron chi connectivity index (χ4n) is 6.72. The van der Waals surface area contributed by atoms with Crippen molar-refractivity contribution in [2.45, 2.75) is 44.7 Å². The van der Waals surface area contributed by atoms with E-state index < -0.39 is 0 Å². The van der Waals surface area contributed by atoms with Crippen LogP contribution < -0.4 is 15.1 Å². The Balaban J connectivity index is 1.14. The molecular weight excluding hydrogens is 593 g/mol. The normalized spacial score (nSPS) is 19.1. The molecule has 7 rings (SSSR count). The molecule has 0 amide bonds. The number of benzene rings is 2. The highest BCUT2D eigenvalue weighted by Gasteiger charge is 2.29. The van der Waals surface area contributed by atoms with E-state index in [1.54, 1.807) is 6.20 Å². The minimum atomic E-state index is -0.329. The average molecular weight is 630 g/mol. The number of fused-ring (bicyclic) bond motifs is 2. The third-order valence-corrected chi connectivity index (χ3v) is 10.1. The van der Waals surface area contributed by atoms with Gasteiger partial charge in [-0.25, -0.2) is 19.3 Å². The first kappa shape index (κ1) is 29.2. The number of nitrogens with zero attached hydrogens (tertiary/aromatic N) is 6. The van der Waals surface area contributed by atoms with E-state index >= 15 is 0 Å². The number of nitrogens with one attached hydrogen (secondary N) is 1. The summed E-state index contributed by atoms with van der Waals surface area (Å²) in [6, 6.07) is 13.0. The lowest BCUT2D eigenvalue weighted by atomic mass is 10.0. The molecular formula is C34H37ClFN7S. The van der Waals surface area contributed by atoms with Gasteiger partial charge in [0.2, 0.25) is 0 Å². The van der Waals surface area contributed by atoms with Gasteiger partial charge in [-0.2, -0.15) is 0 Å². The van der Waals surface area contributed by atoms with Crippen LogP contribution in [0, 0.1) is 0 Å². The van der Waals surface area contributed by atoms with Crippen LogP contribution in [-0.4, -0.2) is 65.2 Å². The van der Waals surface area contributed by atoms with Crippen molar-refractivity contribution in [3.63, 3.8) is 0 Å². The number of hydrogen-bond acceptors (Lipinski definition) is 8. The fourth-order valence-corrected chi connectivity index (χ4v) is 7.56. The number of halogens is 2. The van der Waals surface area contributed by atoms with Crippen LogP contribution in [0.1, 0.15) is 41.4 Å². The molecule has 2 aromatic heterocycles. The van der Waals surface area contributed by atoms with Crippen LogP contribution in [0.4, 0.5) is 15.9 Å². The van der Waals surface area contributed by atoms with E-state index in [2.05, 4.69) is 50.9 Å². The quantitative estimate of drug-likeness (QED) is 0.220. The van der Waals surface area contributed by atoms with Gasteiger partial charge >= 0.3 is 0 Å². The summed E-state index contributed by atoms with van der Waals surface area (Å²) in [6.07, 6.45) is 8.35. The summed E-state index contributed by atoms with van der Waals surface area (Å²) < 4.78 is 15.0. The highest BCUT2D eigenvalue weighted by molar-refractivity contribution is 7.10. The number of anilines is 2. The zero-order valence-electron chi connectivity index (χ0n) is 24.8. The van der Waals surface area contributed by atoms with Crippen molar-refractivity contribution in [2.24, 2.45) is 0 Å². The number of thiazole rings is 1. The van der Waals surface area contributed by atoms with Crippen LogP contribution in [0.25, 0.3) is 16.8 Å². The van der Waals surface area contributed by atoms with E-state index in [0.29, 0.717) is 36.4 Å². The highest BCUT2D eigenvalue weighted by atomic mass is 35.5. The van der Waals surface area contributed by atoms with E-state index in [1.807, 2.05) is 22.4 Å². The van der Waals surface area contributed by atoms with Gasteiger partial charge in [0.25, 0.3) is 0 Å². The number of allylic oxidation sites excluding steroid dienone is 1. The van der Waals surface area contributed by atoms with Crippen molar-refractivity contribution >= 4 is 51.3 Å². The standard InChI is InChI=1S/C34H37ClFN7S/c1-23(28(36)21-32-38-14-20-44-32)41-16-18-42(19-17-41)34-26-12-15-43(30-9-3-6-24-5-2-8-27(35)33(24)30)22-29(26)39-31(40-34)11-10-25-7-4-13-37-25/h2-3,5-6,8-9,14,20-21,25,37H,1,4,7,10-13,15-19,22H2/b28-21-. The molecule has 2 aromatic carbocycles. The number of hydrogen-bond donors (Lipinski definition) is 1. The molecule has 4 aromatic rings. The molecule has 10 heteroatoms.